The average molecular weight is 435 g/mol. The molecular formula is C12H9ClF3N5NaO4S. The molecule has 9 nitrogen and oxygen atoms in total. The van der Waals surface area contributed by atoms with Gasteiger partial charge in [0.25, 0.3) is 10.0 Å². The van der Waals surface area contributed by atoms with E-state index in [0.717, 1.165) is 13.2 Å². The fraction of sp³-hybridized carbons (Fsp3) is 0.167. The van der Waals surface area contributed by atoms with Gasteiger partial charge < -0.3 is 4.74 Å². The SMILES string of the molecule is COc1nc(NC(=O)NS(=O)(=O)c2ccccc2Cl)nc(C(F)(F)F)n1.[Na]. The standard InChI is InChI=1S/C12H9ClF3N5O4S.Na/c1-25-11-18-8(12(14,15)16)17-9(20-11)19-10(22)21-26(23,24)7-5-3-2-4-6(7)13;/h2-5H,1H3,(H2,17,18,19,20,21,22);. The van der Waals surface area contributed by atoms with Crippen LogP contribution in [0, 0.1) is 0 Å². The molecule has 2 N–H and O–H groups in total. The Kier molecular flexibility index (Phi) is 7.80. The first-order valence-electron chi connectivity index (χ1n) is 6.48. The molecule has 0 unspecified atom stereocenters. The second-order valence-corrected chi connectivity index (χ2v) is 6.52. The summed E-state index contributed by atoms with van der Waals surface area (Å²) in [5.41, 5.74) is 0. The number of urea groups is 1. The summed E-state index contributed by atoms with van der Waals surface area (Å²) in [6, 6.07) is 3.11. The van der Waals surface area contributed by atoms with Crippen LogP contribution in [0.3, 0.4) is 0 Å². The van der Waals surface area contributed by atoms with Gasteiger partial charge in [0.15, 0.2) is 0 Å². The van der Waals surface area contributed by atoms with Gasteiger partial charge in [-0.25, -0.2) is 17.9 Å². The Labute approximate surface area is 178 Å². The molecule has 0 aliphatic heterocycles. The van der Waals surface area contributed by atoms with Crippen LogP contribution in [0.15, 0.2) is 29.2 Å². The van der Waals surface area contributed by atoms with Crippen LogP contribution in [-0.2, 0) is 16.2 Å². The summed E-state index contributed by atoms with van der Waals surface area (Å²) >= 11 is 5.74. The molecule has 0 fully saturated rings. The van der Waals surface area contributed by atoms with Crippen molar-refractivity contribution in [2.24, 2.45) is 0 Å². The molecule has 0 aliphatic rings. The van der Waals surface area contributed by atoms with Crippen LogP contribution < -0.4 is 14.8 Å². The summed E-state index contributed by atoms with van der Waals surface area (Å²) in [5.74, 6) is -2.50. The predicted octanol–water partition coefficient (Wildman–Crippen LogP) is 1.68. The van der Waals surface area contributed by atoms with Gasteiger partial charge in [-0.15, -0.1) is 0 Å². The number of anilines is 1. The van der Waals surface area contributed by atoms with E-state index in [0.29, 0.717) is 0 Å². The van der Waals surface area contributed by atoms with Crippen LogP contribution in [0.5, 0.6) is 6.01 Å². The number of hydrogen-bond donors (Lipinski definition) is 2. The first kappa shape index (κ1) is 23.4. The summed E-state index contributed by atoms with van der Waals surface area (Å²) in [7, 11) is -3.38. The molecule has 2 amide bonds. The number of carbonyl (C=O) groups is 1. The van der Waals surface area contributed by atoms with Crippen LogP contribution in [0.2, 0.25) is 5.02 Å². The summed E-state index contributed by atoms with van der Waals surface area (Å²) < 4.78 is 68.4. The molecule has 2 aromatic rings. The van der Waals surface area contributed by atoms with Gasteiger partial charge >= 0.3 is 18.2 Å². The summed E-state index contributed by atoms with van der Waals surface area (Å²) in [4.78, 5) is 20.8. The van der Waals surface area contributed by atoms with Gasteiger partial charge in [-0.2, -0.15) is 28.1 Å². The second-order valence-electron chi connectivity index (χ2n) is 4.46. The number of amides is 2. The minimum absolute atomic E-state index is 0. The van der Waals surface area contributed by atoms with Crippen LogP contribution >= 0.6 is 11.6 Å². The van der Waals surface area contributed by atoms with E-state index in [1.165, 1.54) is 18.2 Å². The topological polar surface area (TPSA) is 123 Å². The number of aromatic nitrogens is 3. The van der Waals surface area contributed by atoms with E-state index in [-0.39, 0.29) is 34.6 Å². The third-order valence-corrected chi connectivity index (χ3v) is 4.46. The van der Waals surface area contributed by atoms with E-state index in [2.05, 4.69) is 19.7 Å². The maximum Gasteiger partial charge on any atom is 0.451 e. The van der Waals surface area contributed by atoms with E-state index in [1.54, 1.807) is 10.0 Å². The molecule has 1 radical (unpaired) electrons. The number of nitrogens with zero attached hydrogens (tertiary/aromatic N) is 3. The molecule has 2 rings (SSSR count). The molecule has 0 saturated carbocycles. The number of nitrogens with one attached hydrogen (secondary N) is 2. The first-order valence-corrected chi connectivity index (χ1v) is 8.34. The van der Waals surface area contributed by atoms with Gasteiger partial charge in [-0.05, 0) is 12.1 Å². The Bertz CT molecular complexity index is 945. The van der Waals surface area contributed by atoms with Crippen molar-refractivity contribution in [2.75, 3.05) is 12.4 Å². The van der Waals surface area contributed by atoms with Gasteiger partial charge in [0.1, 0.15) is 4.90 Å². The van der Waals surface area contributed by atoms with Crippen molar-refractivity contribution < 1.29 is 31.1 Å². The molecular weight excluding hydrogens is 426 g/mol. The van der Waals surface area contributed by atoms with Crippen LogP contribution in [0.4, 0.5) is 23.9 Å². The number of ether oxygens (including phenoxy) is 1. The molecule has 15 heteroatoms. The number of halogens is 4. The first-order chi connectivity index (χ1) is 12.0. The Morgan fingerprint density at radius 1 is 1.19 bits per heavy atom. The number of benzene rings is 1. The number of hydrogen-bond acceptors (Lipinski definition) is 7. The van der Waals surface area contributed by atoms with Crippen LogP contribution in [-0.4, -0.2) is 66.1 Å². The van der Waals surface area contributed by atoms with Gasteiger partial charge in [0.2, 0.25) is 11.8 Å². The Hall–Kier alpha value is -1.67. The van der Waals surface area contributed by atoms with Gasteiger partial charge in [-0.3, -0.25) is 5.32 Å². The number of alkyl halides is 3. The fourth-order valence-electron chi connectivity index (χ4n) is 1.60. The largest absolute Gasteiger partial charge is 0.467 e. The minimum atomic E-state index is -4.94. The maximum atomic E-state index is 12.7. The summed E-state index contributed by atoms with van der Waals surface area (Å²) in [6.07, 6.45) is -4.94. The molecule has 1 aromatic heterocycles. The normalized spacial score (nSPS) is 11.3. The third-order valence-electron chi connectivity index (χ3n) is 2.63. The number of carbonyl (C=O) groups excluding carboxylic acids is 1. The predicted molar refractivity (Wildman–Crippen MR) is 87.9 cm³/mol. The van der Waals surface area contributed by atoms with Crippen molar-refractivity contribution in [3.63, 3.8) is 0 Å². The minimum Gasteiger partial charge on any atom is -0.467 e. The number of methoxy groups -OCH3 is 1. The quantitative estimate of drug-likeness (QED) is 0.702. The molecule has 27 heavy (non-hydrogen) atoms. The average Bonchev–Trinajstić information content (AvgIpc) is 2.53. The van der Waals surface area contributed by atoms with Gasteiger partial charge in [0.05, 0.1) is 12.1 Å². The smallest absolute Gasteiger partial charge is 0.451 e. The molecule has 0 aliphatic carbocycles. The molecule has 0 atom stereocenters. The Morgan fingerprint density at radius 2 is 1.81 bits per heavy atom. The zero-order chi connectivity index (χ0) is 19.5. The second kappa shape index (κ2) is 9.01. The molecule has 0 spiro atoms. The number of sulfonamides is 1. The Balaban J connectivity index is 0.00000364. The molecule has 1 aromatic carbocycles. The van der Waals surface area contributed by atoms with Crippen molar-refractivity contribution >= 4 is 63.2 Å². The molecule has 0 saturated heterocycles. The Morgan fingerprint density at radius 3 is 2.37 bits per heavy atom. The van der Waals surface area contributed by atoms with Crippen molar-refractivity contribution in [3.8, 4) is 6.01 Å². The van der Waals surface area contributed by atoms with E-state index in [1.807, 2.05) is 0 Å². The summed E-state index contributed by atoms with van der Waals surface area (Å²) in [5, 5.41) is 1.60. The zero-order valence-electron chi connectivity index (χ0n) is 13.7. The number of rotatable bonds is 4. The molecule has 0 bridgehead atoms. The van der Waals surface area contributed by atoms with Crippen LogP contribution in [0.25, 0.3) is 0 Å². The van der Waals surface area contributed by atoms with Crippen molar-refractivity contribution in [3.05, 3.63) is 35.1 Å². The van der Waals surface area contributed by atoms with Gasteiger partial charge in [-0.1, -0.05) is 23.7 Å². The zero-order valence-corrected chi connectivity index (χ0v) is 17.3. The molecule has 141 valence electrons. The fourth-order valence-corrected chi connectivity index (χ4v) is 3.03. The van der Waals surface area contributed by atoms with Crippen LogP contribution in [0.1, 0.15) is 5.82 Å². The van der Waals surface area contributed by atoms with E-state index < -0.39 is 44.9 Å². The third kappa shape index (κ3) is 6.17. The molecule has 1 heterocycles. The maximum absolute atomic E-state index is 12.7. The van der Waals surface area contributed by atoms with E-state index in [9.17, 15) is 26.4 Å². The van der Waals surface area contributed by atoms with E-state index in [4.69, 9.17) is 11.6 Å². The van der Waals surface area contributed by atoms with Crippen molar-refractivity contribution in [1.82, 2.24) is 19.7 Å². The monoisotopic (exact) mass is 434 g/mol. The van der Waals surface area contributed by atoms with Gasteiger partial charge in [0, 0.05) is 29.6 Å². The van der Waals surface area contributed by atoms with Crippen molar-refractivity contribution in [2.45, 2.75) is 11.1 Å². The van der Waals surface area contributed by atoms with Crippen molar-refractivity contribution in [1.29, 1.82) is 0 Å². The van der Waals surface area contributed by atoms with E-state index >= 15 is 0 Å². The summed E-state index contributed by atoms with van der Waals surface area (Å²) in [6.45, 7) is 0.